The predicted octanol–water partition coefficient (Wildman–Crippen LogP) is 1.68. The van der Waals surface area contributed by atoms with Crippen molar-refractivity contribution in [1.29, 1.82) is 0 Å². The fourth-order valence-corrected chi connectivity index (χ4v) is 3.07. The highest BCUT2D eigenvalue weighted by molar-refractivity contribution is 5.68. The van der Waals surface area contributed by atoms with Gasteiger partial charge < -0.3 is 10.6 Å². The van der Waals surface area contributed by atoms with Crippen molar-refractivity contribution in [3.63, 3.8) is 0 Å². The summed E-state index contributed by atoms with van der Waals surface area (Å²) in [5.74, 6) is 1.82. The molecule has 2 atom stereocenters. The molecule has 19 heavy (non-hydrogen) atoms. The molecule has 0 amide bonds. The van der Waals surface area contributed by atoms with Gasteiger partial charge in [0.05, 0.1) is 6.20 Å². The first kappa shape index (κ1) is 12.4. The molecule has 0 aliphatic carbocycles. The highest BCUT2D eigenvalue weighted by atomic mass is 15.3. The van der Waals surface area contributed by atoms with Crippen molar-refractivity contribution in [2.24, 2.45) is 11.7 Å². The van der Waals surface area contributed by atoms with Gasteiger partial charge in [0.2, 0.25) is 0 Å². The van der Waals surface area contributed by atoms with Crippen LogP contribution in [0.15, 0.2) is 24.7 Å². The van der Waals surface area contributed by atoms with Crippen molar-refractivity contribution in [1.82, 2.24) is 14.6 Å². The lowest BCUT2D eigenvalue weighted by atomic mass is 9.89. The van der Waals surface area contributed by atoms with Crippen molar-refractivity contribution < 1.29 is 0 Å². The van der Waals surface area contributed by atoms with E-state index < -0.39 is 0 Å². The number of rotatable bonds is 3. The maximum atomic E-state index is 5.98. The summed E-state index contributed by atoms with van der Waals surface area (Å²) in [4.78, 5) is 6.93. The average molecular weight is 259 g/mol. The van der Waals surface area contributed by atoms with Gasteiger partial charge in [-0.3, -0.25) is 0 Å². The van der Waals surface area contributed by atoms with Crippen molar-refractivity contribution in [2.45, 2.75) is 32.2 Å². The Hall–Kier alpha value is -1.62. The van der Waals surface area contributed by atoms with Crippen LogP contribution in [-0.2, 0) is 0 Å². The number of piperidine rings is 1. The molecule has 0 spiro atoms. The Morgan fingerprint density at radius 2 is 2.32 bits per heavy atom. The summed E-state index contributed by atoms with van der Waals surface area (Å²) in [7, 11) is 0. The maximum absolute atomic E-state index is 5.98. The third-order valence-electron chi connectivity index (χ3n) is 4.25. The van der Waals surface area contributed by atoms with Crippen LogP contribution in [0, 0.1) is 5.92 Å². The second-order valence-electron chi connectivity index (χ2n) is 5.29. The topological polar surface area (TPSA) is 59.5 Å². The SMILES string of the molecule is CCC1CCN(c2nccn3nccc23)C(CN)C1. The molecule has 5 nitrogen and oxygen atoms in total. The van der Waals surface area contributed by atoms with Gasteiger partial charge in [0.25, 0.3) is 0 Å². The highest BCUT2D eigenvalue weighted by Gasteiger charge is 2.28. The molecule has 0 aromatic carbocycles. The molecule has 3 rings (SSSR count). The number of aromatic nitrogens is 3. The number of hydrogen-bond acceptors (Lipinski definition) is 4. The van der Waals surface area contributed by atoms with Gasteiger partial charge in [0.1, 0.15) is 5.52 Å². The largest absolute Gasteiger partial charge is 0.351 e. The molecule has 2 aromatic heterocycles. The second-order valence-corrected chi connectivity index (χ2v) is 5.29. The predicted molar refractivity (Wildman–Crippen MR) is 76.2 cm³/mol. The molecule has 1 saturated heterocycles. The lowest BCUT2D eigenvalue weighted by molar-refractivity contribution is 0.334. The molecule has 2 unspecified atom stereocenters. The quantitative estimate of drug-likeness (QED) is 0.911. The standard InChI is InChI=1S/C14H21N5/c1-2-11-4-7-18(12(9-11)10-15)14-13-3-5-17-19(13)8-6-16-14/h3,5-6,8,11-12H,2,4,7,9-10,15H2,1H3. The van der Waals surface area contributed by atoms with Crippen LogP contribution in [0.2, 0.25) is 0 Å². The van der Waals surface area contributed by atoms with E-state index in [0.29, 0.717) is 12.6 Å². The number of nitrogens with two attached hydrogens (primary N) is 1. The van der Waals surface area contributed by atoms with Crippen LogP contribution in [0.5, 0.6) is 0 Å². The Labute approximate surface area is 113 Å². The zero-order valence-electron chi connectivity index (χ0n) is 11.4. The minimum absolute atomic E-state index is 0.396. The van der Waals surface area contributed by atoms with E-state index >= 15 is 0 Å². The fraction of sp³-hybridized carbons (Fsp3) is 0.571. The molecule has 102 valence electrons. The van der Waals surface area contributed by atoms with Crippen LogP contribution in [0.1, 0.15) is 26.2 Å². The fourth-order valence-electron chi connectivity index (χ4n) is 3.07. The molecular formula is C14H21N5. The van der Waals surface area contributed by atoms with Gasteiger partial charge in [-0.05, 0) is 24.8 Å². The number of nitrogens with zero attached hydrogens (tertiary/aromatic N) is 4. The summed E-state index contributed by atoms with van der Waals surface area (Å²) in [6.07, 6.45) is 9.16. The van der Waals surface area contributed by atoms with Crippen molar-refractivity contribution in [2.75, 3.05) is 18.0 Å². The molecule has 0 bridgehead atoms. The highest BCUT2D eigenvalue weighted by Crippen LogP contribution is 2.30. The van der Waals surface area contributed by atoms with Gasteiger partial charge in [-0.25, -0.2) is 9.50 Å². The third-order valence-corrected chi connectivity index (χ3v) is 4.25. The molecule has 3 heterocycles. The molecule has 1 fully saturated rings. The smallest absolute Gasteiger partial charge is 0.154 e. The molecule has 5 heteroatoms. The zero-order chi connectivity index (χ0) is 13.2. The van der Waals surface area contributed by atoms with E-state index in [-0.39, 0.29) is 0 Å². The van der Waals surface area contributed by atoms with Gasteiger partial charge in [-0.15, -0.1) is 0 Å². The maximum Gasteiger partial charge on any atom is 0.154 e. The van der Waals surface area contributed by atoms with Gasteiger partial charge in [0, 0.05) is 31.5 Å². The van der Waals surface area contributed by atoms with Crippen molar-refractivity contribution >= 4 is 11.3 Å². The summed E-state index contributed by atoms with van der Waals surface area (Å²) in [6, 6.07) is 2.41. The first-order valence-corrected chi connectivity index (χ1v) is 7.08. The third kappa shape index (κ3) is 2.18. The Morgan fingerprint density at radius 3 is 3.11 bits per heavy atom. The van der Waals surface area contributed by atoms with E-state index in [4.69, 9.17) is 5.73 Å². The van der Waals surface area contributed by atoms with Crippen LogP contribution >= 0.6 is 0 Å². The van der Waals surface area contributed by atoms with E-state index in [1.807, 2.05) is 29.2 Å². The molecular weight excluding hydrogens is 238 g/mol. The van der Waals surface area contributed by atoms with Crippen LogP contribution in [-0.4, -0.2) is 33.7 Å². The number of anilines is 1. The van der Waals surface area contributed by atoms with E-state index in [9.17, 15) is 0 Å². The number of hydrogen-bond donors (Lipinski definition) is 1. The molecule has 0 radical (unpaired) electrons. The zero-order valence-corrected chi connectivity index (χ0v) is 11.4. The molecule has 0 saturated carbocycles. The Balaban J connectivity index is 1.94. The first-order valence-electron chi connectivity index (χ1n) is 7.08. The number of fused-ring (bicyclic) bond motifs is 1. The summed E-state index contributed by atoms with van der Waals surface area (Å²) in [6.45, 7) is 4.00. The van der Waals surface area contributed by atoms with E-state index in [1.54, 1.807) is 0 Å². The molecule has 1 aliphatic heterocycles. The minimum Gasteiger partial charge on any atom is -0.351 e. The van der Waals surface area contributed by atoms with Gasteiger partial charge >= 0.3 is 0 Å². The van der Waals surface area contributed by atoms with Crippen LogP contribution in [0.3, 0.4) is 0 Å². The summed E-state index contributed by atoms with van der Waals surface area (Å²) in [5.41, 5.74) is 7.04. The van der Waals surface area contributed by atoms with Crippen LogP contribution in [0.4, 0.5) is 5.82 Å². The van der Waals surface area contributed by atoms with Crippen LogP contribution in [0.25, 0.3) is 5.52 Å². The normalized spacial score (nSPS) is 24.0. The minimum atomic E-state index is 0.396. The monoisotopic (exact) mass is 259 g/mol. The van der Waals surface area contributed by atoms with E-state index in [0.717, 1.165) is 23.8 Å². The molecule has 1 aliphatic rings. The Morgan fingerprint density at radius 1 is 1.42 bits per heavy atom. The van der Waals surface area contributed by atoms with E-state index in [2.05, 4.69) is 21.9 Å². The van der Waals surface area contributed by atoms with Gasteiger partial charge in [0.15, 0.2) is 5.82 Å². The van der Waals surface area contributed by atoms with E-state index in [1.165, 1.54) is 19.3 Å². The van der Waals surface area contributed by atoms with Gasteiger partial charge in [-0.1, -0.05) is 13.3 Å². The molecule has 2 N–H and O–H groups in total. The summed E-state index contributed by atoms with van der Waals surface area (Å²) >= 11 is 0. The van der Waals surface area contributed by atoms with Crippen molar-refractivity contribution in [3.05, 3.63) is 24.7 Å². The second kappa shape index (κ2) is 5.17. The Kier molecular flexibility index (Phi) is 3.38. The summed E-state index contributed by atoms with van der Waals surface area (Å²) < 4.78 is 1.88. The molecule has 2 aromatic rings. The van der Waals surface area contributed by atoms with Crippen molar-refractivity contribution in [3.8, 4) is 0 Å². The van der Waals surface area contributed by atoms with Crippen LogP contribution < -0.4 is 10.6 Å². The summed E-state index contributed by atoms with van der Waals surface area (Å²) in [5, 5.41) is 4.27. The van der Waals surface area contributed by atoms with Gasteiger partial charge in [-0.2, -0.15) is 5.10 Å². The average Bonchev–Trinajstić information content (AvgIpc) is 2.95. The Bertz CT molecular complexity index is 550. The lowest BCUT2D eigenvalue weighted by Gasteiger charge is -2.39. The first-order chi connectivity index (χ1) is 9.33. The lowest BCUT2D eigenvalue weighted by Crippen LogP contribution is -2.47.